The molecule has 108 valence electrons. The minimum atomic E-state index is -3.77. The van der Waals surface area contributed by atoms with Crippen molar-refractivity contribution in [3.05, 3.63) is 52.4 Å². The minimum absolute atomic E-state index is 0.0854. The summed E-state index contributed by atoms with van der Waals surface area (Å²) >= 11 is 9.02. The van der Waals surface area contributed by atoms with Crippen LogP contribution < -0.4 is 4.72 Å². The third-order valence-corrected chi connectivity index (χ3v) is 5.28. The third-order valence-electron chi connectivity index (χ3n) is 2.71. The second kappa shape index (κ2) is 5.28. The molecule has 0 saturated heterocycles. The number of halogens is 2. The normalized spacial score (nSPS) is 11.7. The summed E-state index contributed by atoms with van der Waals surface area (Å²) in [4.78, 5) is 4.18. The SMILES string of the molecule is O=S(=O)(Nc1cnn2cccnc12)c1ccc(Cl)cc1Br. The summed E-state index contributed by atoms with van der Waals surface area (Å²) in [6.45, 7) is 0. The van der Waals surface area contributed by atoms with E-state index in [4.69, 9.17) is 11.6 Å². The molecule has 0 radical (unpaired) electrons. The molecule has 0 aliphatic rings. The van der Waals surface area contributed by atoms with Crippen LogP contribution in [0.3, 0.4) is 0 Å². The summed E-state index contributed by atoms with van der Waals surface area (Å²) in [5, 5.41) is 4.47. The lowest BCUT2D eigenvalue weighted by Gasteiger charge is -2.08. The first-order valence-corrected chi connectivity index (χ1v) is 8.39. The molecule has 3 rings (SSSR count). The molecule has 0 unspecified atom stereocenters. The number of nitrogens with zero attached hydrogens (tertiary/aromatic N) is 3. The molecule has 0 aliphatic carbocycles. The molecule has 1 N–H and O–H groups in total. The molecule has 0 atom stereocenters. The number of anilines is 1. The van der Waals surface area contributed by atoms with Crippen LogP contribution in [0.25, 0.3) is 5.65 Å². The Balaban J connectivity index is 2.03. The van der Waals surface area contributed by atoms with Crippen LogP contribution in [0.5, 0.6) is 0 Å². The highest BCUT2D eigenvalue weighted by Crippen LogP contribution is 2.27. The average Bonchev–Trinajstić information content (AvgIpc) is 2.81. The minimum Gasteiger partial charge on any atom is -0.274 e. The summed E-state index contributed by atoms with van der Waals surface area (Å²) in [5.74, 6) is 0. The van der Waals surface area contributed by atoms with Crippen LogP contribution in [0.2, 0.25) is 5.02 Å². The van der Waals surface area contributed by atoms with Crippen molar-refractivity contribution in [1.82, 2.24) is 14.6 Å². The van der Waals surface area contributed by atoms with Gasteiger partial charge in [0.25, 0.3) is 10.0 Å². The lowest BCUT2D eigenvalue weighted by molar-refractivity contribution is 0.601. The fourth-order valence-corrected chi connectivity index (χ4v) is 4.22. The molecule has 0 amide bonds. The van der Waals surface area contributed by atoms with Crippen molar-refractivity contribution in [2.45, 2.75) is 4.90 Å². The van der Waals surface area contributed by atoms with Crippen molar-refractivity contribution in [2.75, 3.05) is 4.72 Å². The van der Waals surface area contributed by atoms with Gasteiger partial charge in [0.2, 0.25) is 0 Å². The number of hydrogen-bond acceptors (Lipinski definition) is 4. The highest BCUT2D eigenvalue weighted by Gasteiger charge is 2.20. The zero-order valence-corrected chi connectivity index (χ0v) is 13.5. The molecular formula is C12H8BrClN4O2S. The van der Waals surface area contributed by atoms with Gasteiger partial charge in [0.05, 0.1) is 6.20 Å². The molecule has 9 heteroatoms. The standard InChI is InChI=1S/C12H8BrClN4O2S/c13-9-6-8(14)2-3-11(9)21(19,20)17-10-7-16-18-5-1-4-15-12(10)18/h1-7,17H. The Kier molecular flexibility index (Phi) is 3.60. The second-order valence-corrected chi connectivity index (χ2v) is 7.07. The van der Waals surface area contributed by atoms with Crippen LogP contribution in [0.15, 0.2) is 52.2 Å². The highest BCUT2D eigenvalue weighted by molar-refractivity contribution is 9.10. The molecule has 0 spiro atoms. The smallest absolute Gasteiger partial charge is 0.263 e. The van der Waals surface area contributed by atoms with E-state index < -0.39 is 10.0 Å². The molecular weight excluding hydrogens is 380 g/mol. The van der Waals surface area contributed by atoms with Gasteiger partial charge in [0, 0.05) is 21.9 Å². The molecule has 0 saturated carbocycles. The summed E-state index contributed by atoms with van der Waals surface area (Å²) < 4.78 is 29.2. The monoisotopic (exact) mass is 386 g/mol. The molecule has 6 nitrogen and oxygen atoms in total. The topological polar surface area (TPSA) is 76.4 Å². The van der Waals surface area contributed by atoms with Crippen LogP contribution >= 0.6 is 27.5 Å². The lowest BCUT2D eigenvalue weighted by atomic mass is 10.4. The number of nitrogens with one attached hydrogen (secondary N) is 1. The van der Waals surface area contributed by atoms with Crippen LogP contribution in [0, 0.1) is 0 Å². The van der Waals surface area contributed by atoms with Crippen LogP contribution in [-0.2, 0) is 10.0 Å². The maximum Gasteiger partial charge on any atom is 0.263 e. The molecule has 1 aromatic carbocycles. The summed E-state index contributed by atoms with van der Waals surface area (Å²) in [6.07, 6.45) is 4.65. The van der Waals surface area contributed by atoms with Crippen molar-refractivity contribution >= 4 is 48.9 Å². The van der Waals surface area contributed by atoms with E-state index >= 15 is 0 Å². The van der Waals surface area contributed by atoms with Gasteiger partial charge in [-0.05, 0) is 40.2 Å². The quantitative estimate of drug-likeness (QED) is 0.749. The van der Waals surface area contributed by atoms with Crippen LogP contribution in [-0.4, -0.2) is 23.0 Å². The second-order valence-electron chi connectivity index (χ2n) is 4.13. The number of sulfonamides is 1. The van der Waals surface area contributed by atoms with Gasteiger partial charge >= 0.3 is 0 Å². The van der Waals surface area contributed by atoms with Crippen LogP contribution in [0.4, 0.5) is 5.69 Å². The number of benzene rings is 1. The molecule has 0 aliphatic heterocycles. The van der Waals surface area contributed by atoms with Gasteiger partial charge in [-0.3, -0.25) is 4.72 Å². The first kappa shape index (κ1) is 14.3. The van der Waals surface area contributed by atoms with Gasteiger partial charge < -0.3 is 0 Å². The maximum atomic E-state index is 12.4. The fraction of sp³-hybridized carbons (Fsp3) is 0. The Morgan fingerprint density at radius 1 is 1.33 bits per heavy atom. The average molecular weight is 388 g/mol. The van der Waals surface area contributed by atoms with E-state index in [1.165, 1.54) is 28.9 Å². The van der Waals surface area contributed by atoms with Crippen molar-refractivity contribution < 1.29 is 8.42 Å². The lowest BCUT2D eigenvalue weighted by Crippen LogP contribution is -2.13. The van der Waals surface area contributed by atoms with Crippen molar-refractivity contribution in [3.63, 3.8) is 0 Å². The van der Waals surface area contributed by atoms with E-state index in [1.54, 1.807) is 18.5 Å². The zero-order valence-electron chi connectivity index (χ0n) is 10.4. The third kappa shape index (κ3) is 2.74. The molecule has 0 bridgehead atoms. The first-order valence-electron chi connectivity index (χ1n) is 5.73. The Hall–Kier alpha value is -1.64. The molecule has 2 heterocycles. The van der Waals surface area contributed by atoms with Crippen molar-refractivity contribution in [1.29, 1.82) is 0 Å². The Labute approximate surface area is 133 Å². The van der Waals surface area contributed by atoms with E-state index in [1.807, 2.05) is 0 Å². The summed E-state index contributed by atoms with van der Waals surface area (Å²) in [5.41, 5.74) is 0.726. The van der Waals surface area contributed by atoms with Gasteiger partial charge in [0.1, 0.15) is 10.6 Å². The number of aromatic nitrogens is 3. The predicted octanol–water partition coefficient (Wildman–Crippen LogP) is 2.95. The predicted molar refractivity (Wildman–Crippen MR) is 82.9 cm³/mol. The Bertz CT molecular complexity index is 926. The van der Waals surface area contributed by atoms with Gasteiger partial charge in [-0.15, -0.1) is 0 Å². The number of fused-ring (bicyclic) bond motifs is 1. The van der Waals surface area contributed by atoms with E-state index in [9.17, 15) is 8.42 Å². The van der Waals surface area contributed by atoms with Crippen molar-refractivity contribution in [2.24, 2.45) is 0 Å². The number of rotatable bonds is 3. The van der Waals surface area contributed by atoms with Gasteiger partial charge in [-0.1, -0.05) is 11.6 Å². The summed E-state index contributed by atoms with van der Waals surface area (Å²) in [6, 6.07) is 6.15. The largest absolute Gasteiger partial charge is 0.274 e. The number of hydrogen-bond donors (Lipinski definition) is 1. The Morgan fingerprint density at radius 2 is 2.14 bits per heavy atom. The van der Waals surface area contributed by atoms with E-state index in [-0.39, 0.29) is 4.90 Å². The molecule has 21 heavy (non-hydrogen) atoms. The van der Waals surface area contributed by atoms with Gasteiger partial charge in [-0.2, -0.15) is 5.10 Å². The first-order chi connectivity index (χ1) is 9.97. The van der Waals surface area contributed by atoms with Gasteiger partial charge in [-0.25, -0.2) is 17.9 Å². The zero-order chi connectivity index (χ0) is 15.0. The summed E-state index contributed by atoms with van der Waals surface area (Å²) in [7, 11) is -3.77. The maximum absolute atomic E-state index is 12.4. The highest BCUT2D eigenvalue weighted by atomic mass is 79.9. The molecule has 0 fully saturated rings. The Morgan fingerprint density at radius 3 is 2.90 bits per heavy atom. The fourth-order valence-electron chi connectivity index (χ4n) is 1.79. The van der Waals surface area contributed by atoms with E-state index in [0.29, 0.717) is 20.8 Å². The van der Waals surface area contributed by atoms with Gasteiger partial charge in [0.15, 0.2) is 5.65 Å². The van der Waals surface area contributed by atoms with Crippen molar-refractivity contribution in [3.8, 4) is 0 Å². The van der Waals surface area contributed by atoms with E-state index in [0.717, 1.165) is 0 Å². The van der Waals surface area contributed by atoms with Crippen LogP contribution in [0.1, 0.15) is 0 Å². The molecule has 2 aromatic heterocycles. The molecule has 3 aromatic rings. The van der Waals surface area contributed by atoms with E-state index in [2.05, 4.69) is 30.7 Å².